The van der Waals surface area contributed by atoms with E-state index in [9.17, 15) is 0 Å². The molecule has 0 saturated carbocycles. The highest BCUT2D eigenvalue weighted by Crippen LogP contribution is 2.26. The number of nitrogens with one attached hydrogen (secondary N) is 2. The summed E-state index contributed by atoms with van der Waals surface area (Å²) in [6, 6.07) is 6.70. The third kappa shape index (κ3) is 2.34. The van der Waals surface area contributed by atoms with Crippen LogP contribution in [0.3, 0.4) is 0 Å². The quantitative estimate of drug-likeness (QED) is 0.489. The van der Waals surface area contributed by atoms with Gasteiger partial charge in [0.15, 0.2) is 0 Å². The van der Waals surface area contributed by atoms with E-state index in [0.717, 1.165) is 12.0 Å². The Kier molecular flexibility index (Phi) is 3.23. The molecule has 6 N–H and O–H groups in total. The second-order valence-corrected chi connectivity index (χ2v) is 5.12. The minimum absolute atomic E-state index is 0.0156. The third-order valence-electron chi connectivity index (χ3n) is 3.88. The molecule has 0 aliphatic heterocycles. The lowest BCUT2D eigenvalue weighted by molar-refractivity contribution is 0.553. The van der Waals surface area contributed by atoms with E-state index in [1.165, 1.54) is 36.0 Å². The number of aromatic amines is 1. The van der Waals surface area contributed by atoms with Gasteiger partial charge in [-0.15, -0.1) is 0 Å². The minimum atomic E-state index is -0.0156. The Morgan fingerprint density at radius 2 is 2.16 bits per heavy atom. The number of H-pyrrole nitrogens is 1. The smallest absolute Gasteiger partial charge is 0.123 e. The van der Waals surface area contributed by atoms with Gasteiger partial charge in [-0.2, -0.15) is 5.10 Å². The zero-order chi connectivity index (χ0) is 13.2. The molecule has 1 aliphatic rings. The Labute approximate surface area is 112 Å². The summed E-state index contributed by atoms with van der Waals surface area (Å²) >= 11 is 0. The molecule has 100 valence electrons. The molecule has 1 aliphatic carbocycles. The maximum absolute atomic E-state index is 5.85. The van der Waals surface area contributed by atoms with Gasteiger partial charge >= 0.3 is 0 Å². The number of nitrogens with zero attached hydrogens (tertiary/aromatic N) is 1. The van der Waals surface area contributed by atoms with E-state index in [0.29, 0.717) is 5.82 Å². The van der Waals surface area contributed by atoms with E-state index in [4.69, 9.17) is 11.6 Å². The monoisotopic (exact) mass is 257 g/mol. The molecule has 1 aromatic heterocycles. The maximum Gasteiger partial charge on any atom is 0.123 e. The summed E-state index contributed by atoms with van der Waals surface area (Å²) in [5.74, 6) is 6.22. The molecule has 0 radical (unpaired) electrons. The first kappa shape index (κ1) is 12.2. The number of rotatable bonds is 4. The standard InChI is InChI=1S/C14H19N5/c15-14-12(8-17-19-14)13(18-16)7-9-4-5-10-2-1-3-11(10)6-9/h4-6,8,13,18H,1-3,7,16H2,(H3,15,17,19). The topological polar surface area (TPSA) is 92.7 Å². The summed E-state index contributed by atoms with van der Waals surface area (Å²) in [5, 5.41) is 6.69. The van der Waals surface area contributed by atoms with Crippen LogP contribution in [0.25, 0.3) is 0 Å². The van der Waals surface area contributed by atoms with Crippen LogP contribution in [0.2, 0.25) is 0 Å². The molecule has 1 aromatic carbocycles. The largest absolute Gasteiger partial charge is 0.384 e. The second kappa shape index (κ2) is 5.03. The molecule has 0 bridgehead atoms. The van der Waals surface area contributed by atoms with Gasteiger partial charge in [0.25, 0.3) is 0 Å². The summed E-state index contributed by atoms with van der Waals surface area (Å²) in [6.07, 6.45) is 6.22. The van der Waals surface area contributed by atoms with Crippen molar-refractivity contribution in [2.45, 2.75) is 31.7 Å². The SMILES string of the molecule is NNC(Cc1ccc2c(c1)CCC2)c1cn[nH]c1N. The van der Waals surface area contributed by atoms with Gasteiger partial charge < -0.3 is 5.73 Å². The number of nitrogen functional groups attached to an aromatic ring is 1. The molecule has 0 amide bonds. The van der Waals surface area contributed by atoms with Gasteiger partial charge in [0, 0.05) is 5.56 Å². The van der Waals surface area contributed by atoms with Crippen molar-refractivity contribution in [2.75, 3.05) is 5.73 Å². The number of hydrazine groups is 1. The number of anilines is 1. The first-order valence-corrected chi connectivity index (χ1v) is 6.63. The van der Waals surface area contributed by atoms with E-state index >= 15 is 0 Å². The molecule has 5 heteroatoms. The summed E-state index contributed by atoms with van der Waals surface area (Å²) in [6.45, 7) is 0. The lowest BCUT2D eigenvalue weighted by Crippen LogP contribution is -2.29. The summed E-state index contributed by atoms with van der Waals surface area (Å²) in [5.41, 5.74) is 13.8. The van der Waals surface area contributed by atoms with Gasteiger partial charge in [-0.3, -0.25) is 16.4 Å². The molecule has 1 unspecified atom stereocenters. The number of aryl methyl sites for hydroxylation is 2. The van der Waals surface area contributed by atoms with Gasteiger partial charge in [0.1, 0.15) is 5.82 Å². The van der Waals surface area contributed by atoms with E-state index in [1.807, 2.05) is 0 Å². The number of hydrogen-bond donors (Lipinski definition) is 4. The fourth-order valence-electron chi connectivity index (χ4n) is 2.83. The van der Waals surface area contributed by atoms with Crippen molar-refractivity contribution in [3.05, 3.63) is 46.6 Å². The Morgan fingerprint density at radius 1 is 1.32 bits per heavy atom. The van der Waals surface area contributed by atoms with Gasteiger partial charge in [-0.05, 0) is 42.4 Å². The molecular formula is C14H19N5. The van der Waals surface area contributed by atoms with Gasteiger partial charge in [-0.25, -0.2) is 0 Å². The van der Waals surface area contributed by atoms with Crippen molar-refractivity contribution in [1.29, 1.82) is 0 Å². The first-order chi connectivity index (χ1) is 9.28. The van der Waals surface area contributed by atoms with Crippen molar-refractivity contribution < 1.29 is 0 Å². The maximum atomic E-state index is 5.85. The van der Waals surface area contributed by atoms with E-state index in [2.05, 4.69) is 33.8 Å². The summed E-state index contributed by atoms with van der Waals surface area (Å²) < 4.78 is 0. The van der Waals surface area contributed by atoms with Crippen LogP contribution in [0.5, 0.6) is 0 Å². The molecule has 3 rings (SSSR count). The van der Waals surface area contributed by atoms with Crippen molar-refractivity contribution in [3.63, 3.8) is 0 Å². The number of aromatic nitrogens is 2. The zero-order valence-corrected chi connectivity index (χ0v) is 10.8. The predicted molar refractivity (Wildman–Crippen MR) is 75.2 cm³/mol. The van der Waals surface area contributed by atoms with Gasteiger partial charge in [0.05, 0.1) is 12.2 Å². The molecule has 1 atom stereocenters. The van der Waals surface area contributed by atoms with Crippen molar-refractivity contribution in [3.8, 4) is 0 Å². The molecule has 19 heavy (non-hydrogen) atoms. The Balaban J connectivity index is 1.81. The number of hydrogen-bond acceptors (Lipinski definition) is 4. The average Bonchev–Trinajstić information content (AvgIpc) is 3.04. The molecule has 0 fully saturated rings. The molecule has 5 nitrogen and oxygen atoms in total. The highest BCUT2D eigenvalue weighted by atomic mass is 15.2. The zero-order valence-electron chi connectivity index (χ0n) is 10.8. The van der Waals surface area contributed by atoms with Gasteiger partial charge in [0.2, 0.25) is 0 Å². The lowest BCUT2D eigenvalue weighted by atomic mass is 9.98. The van der Waals surface area contributed by atoms with Crippen LogP contribution < -0.4 is 17.0 Å². The van der Waals surface area contributed by atoms with Crippen LogP contribution in [-0.4, -0.2) is 10.2 Å². The first-order valence-electron chi connectivity index (χ1n) is 6.63. The van der Waals surface area contributed by atoms with E-state index < -0.39 is 0 Å². The third-order valence-corrected chi connectivity index (χ3v) is 3.88. The van der Waals surface area contributed by atoms with Crippen LogP contribution in [-0.2, 0) is 19.3 Å². The summed E-state index contributed by atoms with van der Waals surface area (Å²) in [7, 11) is 0. The van der Waals surface area contributed by atoms with Crippen molar-refractivity contribution in [1.82, 2.24) is 15.6 Å². The lowest BCUT2D eigenvalue weighted by Gasteiger charge is -2.15. The van der Waals surface area contributed by atoms with E-state index in [1.54, 1.807) is 6.20 Å². The van der Waals surface area contributed by atoms with Crippen LogP contribution in [0, 0.1) is 0 Å². The highest BCUT2D eigenvalue weighted by Gasteiger charge is 2.17. The Bertz CT molecular complexity index is 575. The molecule has 0 saturated heterocycles. The van der Waals surface area contributed by atoms with Crippen LogP contribution in [0.4, 0.5) is 5.82 Å². The van der Waals surface area contributed by atoms with E-state index in [-0.39, 0.29) is 6.04 Å². The number of benzene rings is 1. The Hall–Kier alpha value is -1.85. The molecular weight excluding hydrogens is 238 g/mol. The molecule has 0 spiro atoms. The fraction of sp³-hybridized carbons (Fsp3) is 0.357. The van der Waals surface area contributed by atoms with Crippen LogP contribution in [0.1, 0.15) is 34.7 Å². The minimum Gasteiger partial charge on any atom is -0.384 e. The van der Waals surface area contributed by atoms with Crippen molar-refractivity contribution >= 4 is 5.82 Å². The molecule has 1 heterocycles. The number of fused-ring (bicyclic) bond motifs is 1. The average molecular weight is 257 g/mol. The highest BCUT2D eigenvalue weighted by molar-refractivity contribution is 5.41. The van der Waals surface area contributed by atoms with Crippen LogP contribution in [0.15, 0.2) is 24.4 Å². The van der Waals surface area contributed by atoms with Crippen molar-refractivity contribution in [2.24, 2.45) is 5.84 Å². The molecule has 2 aromatic rings. The summed E-state index contributed by atoms with van der Waals surface area (Å²) in [4.78, 5) is 0. The van der Waals surface area contributed by atoms with Crippen LogP contribution >= 0.6 is 0 Å². The second-order valence-electron chi connectivity index (χ2n) is 5.12. The Morgan fingerprint density at radius 3 is 2.89 bits per heavy atom. The number of nitrogens with two attached hydrogens (primary N) is 2. The normalized spacial score (nSPS) is 15.4. The predicted octanol–water partition coefficient (Wildman–Crippen LogP) is 1.23. The van der Waals surface area contributed by atoms with Gasteiger partial charge in [-0.1, -0.05) is 18.2 Å². The fourth-order valence-corrected chi connectivity index (χ4v) is 2.83.